The van der Waals surface area contributed by atoms with Crippen molar-refractivity contribution >= 4 is 29.3 Å². The van der Waals surface area contributed by atoms with Gasteiger partial charge in [-0.1, -0.05) is 36.9 Å². The lowest BCUT2D eigenvalue weighted by molar-refractivity contribution is -0.132. The quantitative estimate of drug-likeness (QED) is 0.546. The van der Waals surface area contributed by atoms with Gasteiger partial charge in [-0.05, 0) is 51.7 Å². The molecule has 1 fully saturated rings. The number of hydrogen-bond acceptors (Lipinski definition) is 5. The lowest BCUT2D eigenvalue weighted by Gasteiger charge is -2.22. The lowest BCUT2D eigenvalue weighted by Crippen LogP contribution is -2.39. The van der Waals surface area contributed by atoms with Gasteiger partial charge in [0.1, 0.15) is 0 Å². The van der Waals surface area contributed by atoms with Crippen LogP contribution in [0.25, 0.3) is 0 Å². The van der Waals surface area contributed by atoms with Gasteiger partial charge in [-0.3, -0.25) is 9.59 Å². The number of nitrogens with one attached hydrogen (secondary N) is 1. The largest absolute Gasteiger partial charge is 0.376 e. The normalized spacial score (nSPS) is 15.7. The Kier molecular flexibility index (Phi) is 8.75. The second-order valence-electron chi connectivity index (χ2n) is 8.28. The van der Waals surface area contributed by atoms with Gasteiger partial charge in [0.2, 0.25) is 11.8 Å². The average Bonchev–Trinajstić information content (AvgIpc) is 3.37. The molecule has 1 aromatic carbocycles. The highest BCUT2D eigenvalue weighted by Gasteiger charge is 2.22. The number of thioether (sulfide) groups is 1. The van der Waals surface area contributed by atoms with Gasteiger partial charge in [-0.2, -0.15) is 0 Å². The second-order valence-corrected chi connectivity index (χ2v) is 9.22. The molecule has 0 bridgehead atoms. The molecule has 8 heteroatoms. The predicted octanol–water partition coefficient (Wildman–Crippen LogP) is 3.96. The second kappa shape index (κ2) is 11.5. The Labute approximate surface area is 194 Å². The highest BCUT2D eigenvalue weighted by atomic mass is 32.2. The van der Waals surface area contributed by atoms with Crippen molar-refractivity contribution in [2.24, 2.45) is 0 Å². The van der Waals surface area contributed by atoms with Crippen LogP contribution in [-0.4, -0.2) is 57.8 Å². The zero-order valence-electron chi connectivity index (χ0n) is 19.5. The predicted molar refractivity (Wildman–Crippen MR) is 128 cm³/mol. The molecule has 1 aliphatic rings. The number of carbonyl (C=O) groups is 2. The molecule has 3 rings (SSSR count). The first-order valence-electron chi connectivity index (χ1n) is 11.3. The van der Waals surface area contributed by atoms with Crippen molar-refractivity contribution in [3.8, 4) is 0 Å². The fourth-order valence-corrected chi connectivity index (χ4v) is 4.80. The van der Waals surface area contributed by atoms with E-state index in [1.165, 1.54) is 11.8 Å². The van der Waals surface area contributed by atoms with Crippen molar-refractivity contribution in [3.05, 3.63) is 41.2 Å². The SMILES string of the molecule is CCCN(CC(=O)Nc1ccccc1C)C(=O)CSc1nc(C)c(C)n1C[C@H]1CCCO1. The van der Waals surface area contributed by atoms with Gasteiger partial charge in [0, 0.05) is 24.5 Å². The highest BCUT2D eigenvalue weighted by molar-refractivity contribution is 7.99. The number of hydrogen-bond donors (Lipinski definition) is 1. The van der Waals surface area contributed by atoms with Gasteiger partial charge in [0.05, 0.1) is 30.6 Å². The number of benzene rings is 1. The van der Waals surface area contributed by atoms with Crippen LogP contribution in [0.5, 0.6) is 0 Å². The zero-order valence-corrected chi connectivity index (χ0v) is 20.3. The molecule has 1 aliphatic heterocycles. The van der Waals surface area contributed by atoms with Crippen LogP contribution in [0.1, 0.15) is 43.1 Å². The van der Waals surface area contributed by atoms with Crippen LogP contribution < -0.4 is 5.32 Å². The first-order valence-corrected chi connectivity index (χ1v) is 12.3. The number of nitrogens with zero attached hydrogens (tertiary/aromatic N) is 3. The van der Waals surface area contributed by atoms with Crippen LogP contribution >= 0.6 is 11.8 Å². The van der Waals surface area contributed by atoms with Crippen LogP contribution in [0.15, 0.2) is 29.4 Å². The summed E-state index contributed by atoms with van der Waals surface area (Å²) in [6.45, 7) is 10.2. The maximum absolute atomic E-state index is 13.0. The molecule has 2 amide bonds. The molecule has 1 saturated heterocycles. The number of aromatic nitrogens is 2. The number of amides is 2. The molecule has 0 unspecified atom stereocenters. The van der Waals surface area contributed by atoms with Crippen LogP contribution in [0.2, 0.25) is 0 Å². The number of para-hydroxylation sites is 1. The van der Waals surface area contributed by atoms with Crippen molar-refractivity contribution in [1.29, 1.82) is 0 Å². The summed E-state index contributed by atoms with van der Waals surface area (Å²) >= 11 is 1.43. The van der Waals surface area contributed by atoms with E-state index in [1.807, 2.05) is 45.0 Å². The van der Waals surface area contributed by atoms with E-state index in [0.717, 1.165) is 60.2 Å². The summed E-state index contributed by atoms with van der Waals surface area (Å²) in [6.07, 6.45) is 3.15. The molecule has 0 aliphatic carbocycles. The highest BCUT2D eigenvalue weighted by Crippen LogP contribution is 2.24. The summed E-state index contributed by atoms with van der Waals surface area (Å²) in [6, 6.07) is 7.63. The first-order chi connectivity index (χ1) is 15.4. The van der Waals surface area contributed by atoms with E-state index in [1.54, 1.807) is 4.90 Å². The Bertz CT molecular complexity index is 937. The van der Waals surface area contributed by atoms with E-state index in [9.17, 15) is 9.59 Å². The van der Waals surface area contributed by atoms with Gasteiger partial charge in [-0.25, -0.2) is 4.98 Å². The topological polar surface area (TPSA) is 76.5 Å². The van der Waals surface area contributed by atoms with E-state index in [-0.39, 0.29) is 30.2 Å². The maximum atomic E-state index is 13.0. The lowest BCUT2D eigenvalue weighted by atomic mass is 10.2. The standard InChI is InChI=1S/C24H34N4O3S/c1-5-12-27(15-22(29)26-21-11-7-6-9-17(21)2)23(30)16-32-24-25-18(3)19(4)28(24)14-20-10-8-13-31-20/h6-7,9,11,20H,5,8,10,12-16H2,1-4H3,(H,26,29)/t20-/m1/s1. The van der Waals surface area contributed by atoms with Crippen LogP contribution in [-0.2, 0) is 20.9 Å². The molecular weight excluding hydrogens is 424 g/mol. The van der Waals surface area contributed by atoms with Crippen molar-refractivity contribution in [2.45, 2.75) is 64.8 Å². The Morgan fingerprint density at radius 2 is 2.06 bits per heavy atom. The zero-order chi connectivity index (χ0) is 23.1. The molecular formula is C24H34N4O3S. The summed E-state index contributed by atoms with van der Waals surface area (Å²) in [5.74, 6) is 0.00965. The Morgan fingerprint density at radius 1 is 1.28 bits per heavy atom. The summed E-state index contributed by atoms with van der Waals surface area (Å²) in [5.41, 5.74) is 3.85. The van der Waals surface area contributed by atoms with Gasteiger partial charge in [0.15, 0.2) is 5.16 Å². The van der Waals surface area contributed by atoms with E-state index >= 15 is 0 Å². The fraction of sp³-hybridized carbons (Fsp3) is 0.542. The monoisotopic (exact) mass is 458 g/mol. The van der Waals surface area contributed by atoms with E-state index in [2.05, 4.69) is 21.8 Å². The average molecular weight is 459 g/mol. The minimum absolute atomic E-state index is 0.0456. The minimum Gasteiger partial charge on any atom is -0.376 e. The molecule has 1 atom stereocenters. The number of carbonyl (C=O) groups excluding carboxylic acids is 2. The van der Waals surface area contributed by atoms with E-state index in [0.29, 0.717) is 6.54 Å². The fourth-order valence-electron chi connectivity index (χ4n) is 3.80. The van der Waals surface area contributed by atoms with Crippen LogP contribution in [0.3, 0.4) is 0 Å². The van der Waals surface area contributed by atoms with Gasteiger partial charge in [0.25, 0.3) is 0 Å². The summed E-state index contributed by atoms with van der Waals surface area (Å²) < 4.78 is 7.96. The van der Waals surface area contributed by atoms with Crippen LogP contribution in [0, 0.1) is 20.8 Å². The maximum Gasteiger partial charge on any atom is 0.244 e. The third-order valence-corrected chi connectivity index (χ3v) is 6.72. The third-order valence-electron chi connectivity index (χ3n) is 5.76. The Balaban J connectivity index is 1.60. The smallest absolute Gasteiger partial charge is 0.244 e. The molecule has 2 heterocycles. The number of aryl methyl sites for hydroxylation is 2. The van der Waals surface area contributed by atoms with Crippen molar-refractivity contribution in [3.63, 3.8) is 0 Å². The molecule has 0 radical (unpaired) electrons. The molecule has 2 aromatic rings. The van der Waals surface area contributed by atoms with Crippen molar-refractivity contribution in [1.82, 2.24) is 14.5 Å². The molecule has 1 N–H and O–H groups in total. The molecule has 0 spiro atoms. The number of rotatable bonds is 10. The summed E-state index contributed by atoms with van der Waals surface area (Å²) in [4.78, 5) is 31.9. The third kappa shape index (κ3) is 6.36. The molecule has 1 aromatic heterocycles. The summed E-state index contributed by atoms with van der Waals surface area (Å²) in [5, 5.41) is 3.76. The molecule has 174 valence electrons. The van der Waals surface area contributed by atoms with Gasteiger partial charge >= 0.3 is 0 Å². The first kappa shape index (κ1) is 24.3. The van der Waals surface area contributed by atoms with E-state index < -0.39 is 0 Å². The van der Waals surface area contributed by atoms with E-state index in [4.69, 9.17) is 4.74 Å². The number of anilines is 1. The van der Waals surface area contributed by atoms with Crippen molar-refractivity contribution in [2.75, 3.05) is 30.8 Å². The van der Waals surface area contributed by atoms with Crippen molar-refractivity contribution < 1.29 is 14.3 Å². The van der Waals surface area contributed by atoms with Gasteiger partial charge < -0.3 is 19.5 Å². The van der Waals surface area contributed by atoms with Gasteiger partial charge in [-0.15, -0.1) is 0 Å². The molecule has 7 nitrogen and oxygen atoms in total. The number of ether oxygens (including phenoxy) is 1. The van der Waals surface area contributed by atoms with Crippen LogP contribution in [0.4, 0.5) is 5.69 Å². The Morgan fingerprint density at radius 3 is 2.75 bits per heavy atom. The Hall–Kier alpha value is -2.32. The minimum atomic E-state index is -0.183. The number of imidazole rings is 1. The molecule has 0 saturated carbocycles. The molecule has 32 heavy (non-hydrogen) atoms. The summed E-state index contributed by atoms with van der Waals surface area (Å²) in [7, 11) is 0.